The zero-order valence-electron chi connectivity index (χ0n) is 14.7. The van der Waals surface area contributed by atoms with Crippen LogP contribution < -0.4 is 5.32 Å². The number of likely N-dealkylation sites (tertiary alicyclic amines) is 1. The Labute approximate surface area is 155 Å². The lowest BCUT2D eigenvalue weighted by molar-refractivity contribution is 0.208. The molecule has 1 aromatic carbocycles. The Hall–Kier alpha value is -2.87. The minimum atomic E-state index is -0.624. The van der Waals surface area contributed by atoms with Gasteiger partial charge in [0.25, 0.3) is 0 Å². The van der Waals surface area contributed by atoms with E-state index in [0.717, 1.165) is 43.5 Å². The van der Waals surface area contributed by atoms with Gasteiger partial charge in [0.1, 0.15) is 17.3 Å². The average Bonchev–Trinajstić information content (AvgIpc) is 3.12. The van der Waals surface area contributed by atoms with Gasteiger partial charge in [-0.1, -0.05) is 0 Å². The van der Waals surface area contributed by atoms with Gasteiger partial charge in [0, 0.05) is 44.1 Å². The second-order valence-electron chi connectivity index (χ2n) is 6.65. The fourth-order valence-corrected chi connectivity index (χ4v) is 3.30. The van der Waals surface area contributed by atoms with Crippen LogP contribution in [0.3, 0.4) is 0 Å². The van der Waals surface area contributed by atoms with E-state index in [9.17, 15) is 8.78 Å². The summed E-state index contributed by atoms with van der Waals surface area (Å²) in [4.78, 5) is 2.32. The van der Waals surface area contributed by atoms with Crippen molar-refractivity contribution < 1.29 is 8.78 Å². The molecule has 1 aliphatic rings. The maximum atomic E-state index is 13.9. The van der Waals surface area contributed by atoms with Crippen molar-refractivity contribution in [3.8, 4) is 5.69 Å². The molecule has 1 aliphatic heterocycles. The monoisotopic (exact) mass is 370 g/mol. The number of halogens is 2. The molecular formula is C19H20F2N6. The van der Waals surface area contributed by atoms with Gasteiger partial charge < -0.3 is 5.32 Å². The van der Waals surface area contributed by atoms with Gasteiger partial charge in [0.05, 0.1) is 5.69 Å². The Bertz CT molecular complexity index is 890. The summed E-state index contributed by atoms with van der Waals surface area (Å²) in [6.07, 6.45) is 5.37. The van der Waals surface area contributed by atoms with E-state index >= 15 is 0 Å². The molecule has 2 aromatic heterocycles. The van der Waals surface area contributed by atoms with Gasteiger partial charge in [0.15, 0.2) is 5.82 Å². The van der Waals surface area contributed by atoms with Crippen molar-refractivity contribution >= 4 is 5.82 Å². The van der Waals surface area contributed by atoms with Gasteiger partial charge >= 0.3 is 0 Å². The van der Waals surface area contributed by atoms with Crippen LogP contribution in [-0.2, 0) is 6.54 Å². The minimum absolute atomic E-state index is 0.245. The van der Waals surface area contributed by atoms with E-state index in [1.165, 1.54) is 16.8 Å². The molecule has 0 bridgehead atoms. The Kier molecular flexibility index (Phi) is 5.06. The van der Waals surface area contributed by atoms with E-state index in [4.69, 9.17) is 0 Å². The second-order valence-corrected chi connectivity index (χ2v) is 6.65. The lowest BCUT2D eigenvalue weighted by Crippen LogP contribution is -2.38. The van der Waals surface area contributed by atoms with Gasteiger partial charge in [-0.3, -0.25) is 4.90 Å². The Morgan fingerprint density at radius 2 is 1.96 bits per heavy atom. The van der Waals surface area contributed by atoms with Crippen molar-refractivity contribution in [3.63, 3.8) is 0 Å². The summed E-state index contributed by atoms with van der Waals surface area (Å²) in [5, 5.41) is 15.8. The largest absolute Gasteiger partial charge is 0.366 e. The molecule has 0 amide bonds. The first-order valence-corrected chi connectivity index (χ1v) is 8.94. The third-order valence-corrected chi connectivity index (χ3v) is 4.70. The Balaban J connectivity index is 1.32. The molecule has 6 nitrogen and oxygen atoms in total. The molecule has 140 valence electrons. The summed E-state index contributed by atoms with van der Waals surface area (Å²) in [6.45, 7) is 2.58. The quantitative estimate of drug-likeness (QED) is 0.748. The number of nitrogens with zero attached hydrogens (tertiary/aromatic N) is 5. The number of hydrogen-bond donors (Lipinski definition) is 1. The van der Waals surface area contributed by atoms with Crippen LogP contribution in [0.15, 0.2) is 48.8 Å². The van der Waals surface area contributed by atoms with Crippen LogP contribution >= 0.6 is 0 Å². The maximum Gasteiger partial charge on any atom is 0.151 e. The van der Waals surface area contributed by atoms with Crippen molar-refractivity contribution in [1.29, 1.82) is 0 Å². The van der Waals surface area contributed by atoms with E-state index in [1.54, 1.807) is 12.4 Å². The van der Waals surface area contributed by atoms with E-state index < -0.39 is 11.6 Å². The van der Waals surface area contributed by atoms with E-state index in [1.807, 2.05) is 18.2 Å². The molecule has 0 radical (unpaired) electrons. The van der Waals surface area contributed by atoms with Crippen LogP contribution in [0.1, 0.15) is 18.5 Å². The molecule has 0 unspecified atom stereocenters. The van der Waals surface area contributed by atoms with Crippen LogP contribution in [0.5, 0.6) is 0 Å². The highest BCUT2D eigenvalue weighted by atomic mass is 19.1. The van der Waals surface area contributed by atoms with Crippen LogP contribution in [0, 0.1) is 11.6 Å². The smallest absolute Gasteiger partial charge is 0.151 e. The highest BCUT2D eigenvalue weighted by molar-refractivity contribution is 5.34. The lowest BCUT2D eigenvalue weighted by Gasteiger charge is -2.32. The first kappa shape index (κ1) is 17.5. The fourth-order valence-electron chi connectivity index (χ4n) is 3.30. The molecule has 8 heteroatoms. The fraction of sp³-hybridized carbons (Fsp3) is 0.316. The van der Waals surface area contributed by atoms with E-state index in [2.05, 4.69) is 25.5 Å². The van der Waals surface area contributed by atoms with Gasteiger partial charge in [-0.25, -0.2) is 13.5 Å². The summed E-state index contributed by atoms with van der Waals surface area (Å²) in [7, 11) is 0. The van der Waals surface area contributed by atoms with Crippen molar-refractivity contribution in [2.75, 3.05) is 18.4 Å². The number of benzene rings is 1. The number of anilines is 1. The average molecular weight is 370 g/mol. The number of aromatic nitrogens is 4. The molecule has 3 aromatic rings. The van der Waals surface area contributed by atoms with Crippen molar-refractivity contribution in [3.05, 3.63) is 66.1 Å². The third kappa shape index (κ3) is 4.28. The summed E-state index contributed by atoms with van der Waals surface area (Å²) in [5.74, 6) is -0.418. The minimum Gasteiger partial charge on any atom is -0.366 e. The van der Waals surface area contributed by atoms with Crippen molar-refractivity contribution in [1.82, 2.24) is 24.9 Å². The number of piperidine rings is 1. The second kappa shape index (κ2) is 7.79. The van der Waals surface area contributed by atoms with E-state index in [-0.39, 0.29) is 5.69 Å². The van der Waals surface area contributed by atoms with Crippen LogP contribution in [-0.4, -0.2) is 44.0 Å². The molecule has 1 fully saturated rings. The van der Waals surface area contributed by atoms with Crippen LogP contribution in [0.25, 0.3) is 5.69 Å². The van der Waals surface area contributed by atoms with Crippen molar-refractivity contribution in [2.45, 2.75) is 25.4 Å². The van der Waals surface area contributed by atoms with Gasteiger partial charge in [0.2, 0.25) is 0 Å². The predicted molar refractivity (Wildman–Crippen MR) is 97.4 cm³/mol. The standard InChI is InChI=1S/C19H20F2N6/c20-14-3-4-18(17(21)12-14)27-11-7-16(25-27)13-26-9-5-15(6-10-26)23-19-2-1-8-22-24-19/h1-4,7-8,11-12,15H,5-6,9-10,13H2,(H,23,24). The zero-order chi connectivity index (χ0) is 18.6. The van der Waals surface area contributed by atoms with Crippen molar-refractivity contribution in [2.24, 2.45) is 0 Å². The molecule has 1 saturated heterocycles. The Morgan fingerprint density at radius 1 is 1.11 bits per heavy atom. The van der Waals surface area contributed by atoms with Crippen LogP contribution in [0.2, 0.25) is 0 Å². The first-order valence-electron chi connectivity index (χ1n) is 8.94. The molecule has 0 aliphatic carbocycles. The summed E-state index contributed by atoms with van der Waals surface area (Å²) in [6, 6.07) is 9.52. The number of nitrogens with one attached hydrogen (secondary N) is 1. The molecular weight excluding hydrogens is 350 g/mol. The summed E-state index contributed by atoms with van der Waals surface area (Å²) < 4.78 is 28.4. The third-order valence-electron chi connectivity index (χ3n) is 4.70. The number of rotatable bonds is 5. The lowest BCUT2D eigenvalue weighted by atomic mass is 10.0. The van der Waals surface area contributed by atoms with Gasteiger partial charge in [-0.05, 0) is 43.2 Å². The summed E-state index contributed by atoms with van der Waals surface area (Å²) >= 11 is 0. The predicted octanol–water partition coefficient (Wildman–Crippen LogP) is 3.02. The summed E-state index contributed by atoms with van der Waals surface area (Å²) in [5.41, 5.74) is 1.11. The topological polar surface area (TPSA) is 58.9 Å². The molecule has 0 atom stereocenters. The highest BCUT2D eigenvalue weighted by Gasteiger charge is 2.20. The highest BCUT2D eigenvalue weighted by Crippen LogP contribution is 2.18. The number of hydrogen-bond acceptors (Lipinski definition) is 5. The molecule has 4 rings (SSSR count). The van der Waals surface area contributed by atoms with Gasteiger partial charge in [-0.15, -0.1) is 5.10 Å². The molecule has 3 heterocycles. The maximum absolute atomic E-state index is 13.9. The molecule has 0 spiro atoms. The van der Waals surface area contributed by atoms with E-state index in [0.29, 0.717) is 12.6 Å². The van der Waals surface area contributed by atoms with Crippen LogP contribution in [0.4, 0.5) is 14.6 Å². The SMILES string of the molecule is Fc1ccc(-n2ccc(CN3CCC(Nc4cccnn4)CC3)n2)c(F)c1. The zero-order valence-corrected chi connectivity index (χ0v) is 14.7. The molecule has 27 heavy (non-hydrogen) atoms. The van der Waals surface area contributed by atoms with Gasteiger partial charge in [-0.2, -0.15) is 10.2 Å². The normalized spacial score (nSPS) is 15.8. The first-order chi connectivity index (χ1) is 13.2. The molecule has 1 N–H and O–H groups in total. The molecule has 0 saturated carbocycles. The Morgan fingerprint density at radius 3 is 2.70 bits per heavy atom.